The van der Waals surface area contributed by atoms with E-state index in [1.807, 2.05) is 4.90 Å². The maximum absolute atomic E-state index is 12.5. The lowest BCUT2D eigenvalue weighted by atomic mass is 9.94. The van der Waals surface area contributed by atoms with Crippen LogP contribution in [0.1, 0.15) is 57.2 Å². The number of likely N-dealkylation sites (tertiary alicyclic amines) is 1. The first-order valence-corrected chi connectivity index (χ1v) is 8.16. The van der Waals surface area contributed by atoms with Crippen LogP contribution < -0.4 is 5.73 Å². The van der Waals surface area contributed by atoms with E-state index in [9.17, 15) is 4.79 Å². The van der Waals surface area contributed by atoms with Gasteiger partial charge in [0, 0.05) is 19.0 Å². The Morgan fingerprint density at radius 1 is 1.29 bits per heavy atom. The highest BCUT2D eigenvalue weighted by Crippen LogP contribution is 2.31. The maximum Gasteiger partial charge on any atom is 0.223 e. The van der Waals surface area contributed by atoms with Crippen molar-refractivity contribution >= 4 is 5.91 Å². The molecule has 0 bridgehead atoms. The van der Waals surface area contributed by atoms with E-state index in [0.29, 0.717) is 12.3 Å². The average molecular weight is 288 g/mol. The third kappa shape index (κ3) is 3.85. The molecule has 1 amide bonds. The van der Waals surface area contributed by atoms with E-state index in [2.05, 4.69) is 45.0 Å². The second-order valence-electron chi connectivity index (χ2n) is 6.54. The molecule has 2 N–H and O–H groups in total. The predicted molar refractivity (Wildman–Crippen MR) is 86.9 cm³/mol. The third-order valence-corrected chi connectivity index (χ3v) is 4.28. The van der Waals surface area contributed by atoms with Gasteiger partial charge in [-0.25, -0.2) is 0 Å². The van der Waals surface area contributed by atoms with Crippen LogP contribution in [0.25, 0.3) is 0 Å². The quantitative estimate of drug-likeness (QED) is 0.924. The minimum Gasteiger partial charge on any atom is -0.334 e. The van der Waals surface area contributed by atoms with Gasteiger partial charge in [0.1, 0.15) is 0 Å². The van der Waals surface area contributed by atoms with E-state index in [0.717, 1.165) is 25.8 Å². The lowest BCUT2D eigenvalue weighted by Crippen LogP contribution is -2.43. The number of benzene rings is 1. The molecule has 1 heterocycles. The van der Waals surface area contributed by atoms with Crippen molar-refractivity contribution < 1.29 is 4.79 Å². The van der Waals surface area contributed by atoms with Gasteiger partial charge >= 0.3 is 0 Å². The summed E-state index contributed by atoms with van der Waals surface area (Å²) in [6.07, 6.45) is 3.48. The highest BCUT2D eigenvalue weighted by atomic mass is 16.2. The van der Waals surface area contributed by atoms with Crippen molar-refractivity contribution in [2.45, 2.75) is 58.5 Å². The summed E-state index contributed by atoms with van der Waals surface area (Å²) in [5.41, 5.74) is 8.91. The van der Waals surface area contributed by atoms with E-state index in [1.54, 1.807) is 0 Å². The maximum atomic E-state index is 12.5. The number of aryl methyl sites for hydroxylation is 1. The number of carbonyl (C=O) groups is 1. The zero-order valence-electron chi connectivity index (χ0n) is 13.5. The topological polar surface area (TPSA) is 46.3 Å². The molecule has 2 atom stereocenters. The van der Waals surface area contributed by atoms with E-state index in [4.69, 9.17) is 5.73 Å². The van der Waals surface area contributed by atoms with Crippen LogP contribution in [-0.2, 0) is 11.2 Å². The van der Waals surface area contributed by atoms with Crippen LogP contribution in [0, 0.1) is 5.92 Å². The fraction of sp³-hybridized carbons (Fsp3) is 0.611. The smallest absolute Gasteiger partial charge is 0.223 e. The first-order valence-electron chi connectivity index (χ1n) is 8.16. The Morgan fingerprint density at radius 2 is 1.95 bits per heavy atom. The summed E-state index contributed by atoms with van der Waals surface area (Å²) in [7, 11) is 0. The highest BCUT2D eigenvalue weighted by Gasteiger charge is 2.32. The van der Waals surface area contributed by atoms with Crippen LogP contribution in [0.3, 0.4) is 0 Å². The molecule has 1 fully saturated rings. The SMILES string of the molecule is CCc1ccc(C2C(N)CCCC(=O)N2CC(C)C)cc1. The molecule has 1 aliphatic heterocycles. The summed E-state index contributed by atoms with van der Waals surface area (Å²) in [6.45, 7) is 7.25. The first kappa shape index (κ1) is 16.0. The van der Waals surface area contributed by atoms with Crippen LogP contribution in [0.4, 0.5) is 0 Å². The lowest BCUT2D eigenvalue weighted by molar-refractivity contribution is -0.133. The molecule has 2 unspecified atom stereocenters. The van der Waals surface area contributed by atoms with Gasteiger partial charge in [-0.05, 0) is 36.3 Å². The van der Waals surface area contributed by atoms with Gasteiger partial charge in [0.15, 0.2) is 0 Å². The van der Waals surface area contributed by atoms with Gasteiger partial charge in [-0.3, -0.25) is 4.79 Å². The zero-order valence-corrected chi connectivity index (χ0v) is 13.5. The summed E-state index contributed by atoms with van der Waals surface area (Å²) in [6, 6.07) is 8.66. The number of hydrogen-bond donors (Lipinski definition) is 1. The summed E-state index contributed by atoms with van der Waals surface area (Å²) < 4.78 is 0. The molecule has 1 aromatic carbocycles. The molecule has 3 heteroatoms. The average Bonchev–Trinajstić information content (AvgIpc) is 2.59. The number of rotatable bonds is 4. The van der Waals surface area contributed by atoms with Crippen molar-refractivity contribution in [2.24, 2.45) is 11.7 Å². The van der Waals surface area contributed by atoms with Gasteiger partial charge in [-0.2, -0.15) is 0 Å². The highest BCUT2D eigenvalue weighted by molar-refractivity contribution is 5.77. The number of amides is 1. The summed E-state index contributed by atoms with van der Waals surface area (Å²) in [4.78, 5) is 14.5. The van der Waals surface area contributed by atoms with Crippen LogP contribution >= 0.6 is 0 Å². The normalized spacial score (nSPS) is 23.5. The molecule has 0 spiro atoms. The third-order valence-electron chi connectivity index (χ3n) is 4.28. The molecule has 3 nitrogen and oxygen atoms in total. The van der Waals surface area contributed by atoms with Crippen molar-refractivity contribution in [1.82, 2.24) is 4.90 Å². The molecule has 1 saturated heterocycles. The molecule has 0 aromatic heterocycles. The molecule has 0 aliphatic carbocycles. The lowest BCUT2D eigenvalue weighted by Gasteiger charge is -2.35. The number of nitrogens with zero attached hydrogens (tertiary/aromatic N) is 1. The van der Waals surface area contributed by atoms with Crippen molar-refractivity contribution in [3.05, 3.63) is 35.4 Å². The fourth-order valence-corrected chi connectivity index (χ4v) is 3.16. The molecule has 0 saturated carbocycles. The first-order chi connectivity index (χ1) is 10.0. The van der Waals surface area contributed by atoms with Crippen molar-refractivity contribution in [3.8, 4) is 0 Å². The molecule has 1 aromatic rings. The standard InChI is InChI=1S/C18H28N2O/c1-4-14-8-10-15(11-9-14)18-16(19)6-5-7-17(21)20(18)12-13(2)3/h8-11,13,16,18H,4-7,12,19H2,1-3H3. The molecule has 21 heavy (non-hydrogen) atoms. The zero-order chi connectivity index (χ0) is 15.4. The molecule has 116 valence electrons. The second kappa shape index (κ2) is 7.08. The van der Waals surface area contributed by atoms with Crippen molar-refractivity contribution in [1.29, 1.82) is 0 Å². The second-order valence-corrected chi connectivity index (χ2v) is 6.54. The van der Waals surface area contributed by atoms with Crippen LogP contribution in [0.2, 0.25) is 0 Å². The van der Waals surface area contributed by atoms with Crippen molar-refractivity contribution in [3.63, 3.8) is 0 Å². The largest absolute Gasteiger partial charge is 0.334 e. The Labute approximate surface area is 128 Å². The van der Waals surface area contributed by atoms with Gasteiger partial charge in [0.2, 0.25) is 5.91 Å². The van der Waals surface area contributed by atoms with Gasteiger partial charge in [-0.15, -0.1) is 0 Å². The predicted octanol–water partition coefficient (Wildman–Crippen LogP) is 3.29. The summed E-state index contributed by atoms with van der Waals surface area (Å²) in [5.74, 6) is 0.706. The van der Waals surface area contributed by atoms with Gasteiger partial charge in [0.05, 0.1) is 6.04 Å². The van der Waals surface area contributed by atoms with Crippen molar-refractivity contribution in [2.75, 3.05) is 6.54 Å². The number of carbonyl (C=O) groups excluding carboxylic acids is 1. The van der Waals surface area contributed by atoms with Gasteiger partial charge in [0.25, 0.3) is 0 Å². The Balaban J connectivity index is 2.33. The van der Waals surface area contributed by atoms with Gasteiger partial charge < -0.3 is 10.6 Å². The Kier molecular flexibility index (Phi) is 5.40. The molecule has 2 rings (SSSR count). The Hall–Kier alpha value is -1.35. The summed E-state index contributed by atoms with van der Waals surface area (Å²) in [5, 5.41) is 0. The minimum absolute atomic E-state index is 0.0216. The molecule has 0 radical (unpaired) electrons. The van der Waals surface area contributed by atoms with Crippen LogP contribution in [-0.4, -0.2) is 23.4 Å². The minimum atomic E-state index is 0.0216. The van der Waals surface area contributed by atoms with E-state index < -0.39 is 0 Å². The molecule has 1 aliphatic rings. The summed E-state index contributed by atoms with van der Waals surface area (Å²) >= 11 is 0. The van der Waals surface area contributed by atoms with E-state index in [1.165, 1.54) is 11.1 Å². The Morgan fingerprint density at radius 3 is 2.52 bits per heavy atom. The fourth-order valence-electron chi connectivity index (χ4n) is 3.16. The van der Waals surface area contributed by atoms with E-state index in [-0.39, 0.29) is 18.0 Å². The van der Waals surface area contributed by atoms with Crippen LogP contribution in [0.5, 0.6) is 0 Å². The molecular weight excluding hydrogens is 260 g/mol. The van der Waals surface area contributed by atoms with Gasteiger partial charge in [-0.1, -0.05) is 45.0 Å². The van der Waals surface area contributed by atoms with Crippen LogP contribution in [0.15, 0.2) is 24.3 Å². The number of hydrogen-bond acceptors (Lipinski definition) is 2. The molecular formula is C18H28N2O. The Bertz CT molecular complexity index is 467. The monoisotopic (exact) mass is 288 g/mol. The van der Waals surface area contributed by atoms with E-state index >= 15 is 0 Å². The number of nitrogens with two attached hydrogens (primary N) is 1.